The number of hydrogen-bond donors (Lipinski definition) is 2. The van der Waals surface area contributed by atoms with Gasteiger partial charge in [0.15, 0.2) is 0 Å². The van der Waals surface area contributed by atoms with Crippen LogP contribution in [0.4, 0.5) is 0 Å². The molecular formula is C15H15N3O3. The Labute approximate surface area is 121 Å². The minimum Gasteiger partial charge on any atom is -0.381 e. The van der Waals surface area contributed by atoms with E-state index in [1.807, 2.05) is 18.2 Å². The summed E-state index contributed by atoms with van der Waals surface area (Å²) >= 11 is 0. The number of carbonyl (C=O) groups excluding carboxylic acids is 3. The van der Waals surface area contributed by atoms with Crippen LogP contribution in [-0.2, 0) is 20.8 Å². The summed E-state index contributed by atoms with van der Waals surface area (Å²) < 4.78 is 0. The van der Waals surface area contributed by atoms with Crippen molar-refractivity contribution in [3.8, 4) is 0 Å². The molecule has 1 aliphatic carbocycles. The Morgan fingerprint density at radius 2 is 1.86 bits per heavy atom. The summed E-state index contributed by atoms with van der Waals surface area (Å²) in [5, 5.41) is 5.25. The van der Waals surface area contributed by atoms with Gasteiger partial charge in [0.25, 0.3) is 0 Å². The van der Waals surface area contributed by atoms with E-state index >= 15 is 0 Å². The fourth-order valence-corrected chi connectivity index (χ4v) is 1.86. The summed E-state index contributed by atoms with van der Waals surface area (Å²) in [4.78, 5) is 38.7. The molecule has 0 saturated carbocycles. The molecule has 6 heteroatoms. The van der Waals surface area contributed by atoms with Crippen molar-refractivity contribution < 1.29 is 14.4 Å². The Kier molecular flexibility index (Phi) is 4.61. The molecule has 0 aromatic carbocycles. The maximum absolute atomic E-state index is 11.8. The van der Waals surface area contributed by atoms with Crippen molar-refractivity contribution in [1.82, 2.24) is 15.6 Å². The van der Waals surface area contributed by atoms with Crippen molar-refractivity contribution >= 4 is 17.5 Å². The molecule has 1 aromatic heterocycles. The van der Waals surface area contributed by atoms with Crippen LogP contribution in [0.1, 0.15) is 12.6 Å². The quantitative estimate of drug-likeness (QED) is 0.758. The van der Waals surface area contributed by atoms with E-state index in [4.69, 9.17) is 0 Å². The molecule has 6 nitrogen and oxygen atoms in total. The van der Waals surface area contributed by atoms with E-state index in [-0.39, 0.29) is 23.1 Å². The number of rotatable bonds is 5. The van der Waals surface area contributed by atoms with Gasteiger partial charge in [-0.3, -0.25) is 19.4 Å². The van der Waals surface area contributed by atoms with Gasteiger partial charge in [0.2, 0.25) is 17.5 Å². The van der Waals surface area contributed by atoms with Gasteiger partial charge < -0.3 is 10.6 Å². The molecule has 0 saturated heterocycles. The van der Waals surface area contributed by atoms with E-state index in [0.29, 0.717) is 13.0 Å². The third-order valence-electron chi connectivity index (χ3n) is 2.82. The molecule has 0 unspecified atom stereocenters. The summed E-state index contributed by atoms with van der Waals surface area (Å²) in [5.41, 5.74) is 1.13. The van der Waals surface area contributed by atoms with Gasteiger partial charge >= 0.3 is 0 Å². The molecule has 0 atom stereocenters. The lowest BCUT2D eigenvalue weighted by Crippen LogP contribution is -2.31. The Balaban J connectivity index is 1.92. The number of nitrogens with one attached hydrogen (secondary N) is 2. The number of pyridine rings is 1. The number of nitrogens with zero attached hydrogens (tertiary/aromatic N) is 1. The molecule has 108 valence electrons. The molecule has 0 radical (unpaired) electrons. The molecule has 21 heavy (non-hydrogen) atoms. The first-order chi connectivity index (χ1) is 10.1. The Bertz CT molecular complexity index is 633. The smallest absolute Gasteiger partial charge is 0.221 e. The van der Waals surface area contributed by atoms with Crippen LogP contribution in [0.15, 0.2) is 47.9 Å². The average molecular weight is 285 g/mol. The molecule has 0 spiro atoms. The minimum atomic E-state index is -0.398. The molecule has 2 N–H and O–H groups in total. The number of allylic oxidation sites excluding steroid dienone is 2. The van der Waals surface area contributed by atoms with Gasteiger partial charge in [0.1, 0.15) is 0 Å². The molecule has 1 aromatic rings. The van der Waals surface area contributed by atoms with Crippen LogP contribution in [0.2, 0.25) is 0 Å². The molecule has 1 amide bonds. The SMILES string of the molecule is CC(=O)NC1=CC(=O)C(NCCc2ccccn2)=CC1=O. The Hall–Kier alpha value is -2.76. The number of ketones is 2. The van der Waals surface area contributed by atoms with Crippen molar-refractivity contribution in [3.63, 3.8) is 0 Å². The lowest BCUT2D eigenvalue weighted by atomic mass is 10.1. The van der Waals surface area contributed by atoms with Gasteiger partial charge in [-0.1, -0.05) is 6.07 Å². The summed E-state index contributed by atoms with van der Waals surface area (Å²) in [5.74, 6) is -1.12. The van der Waals surface area contributed by atoms with Crippen LogP contribution in [0, 0.1) is 0 Å². The maximum atomic E-state index is 11.8. The average Bonchev–Trinajstić information content (AvgIpc) is 2.44. The highest BCUT2D eigenvalue weighted by molar-refractivity contribution is 6.20. The van der Waals surface area contributed by atoms with Crippen molar-refractivity contribution in [3.05, 3.63) is 53.6 Å². The number of carbonyl (C=O) groups is 3. The molecular weight excluding hydrogens is 270 g/mol. The van der Waals surface area contributed by atoms with Crippen molar-refractivity contribution in [2.24, 2.45) is 0 Å². The zero-order valence-corrected chi connectivity index (χ0v) is 11.6. The van der Waals surface area contributed by atoms with Gasteiger partial charge in [0, 0.05) is 43.9 Å². The standard InChI is InChI=1S/C15H15N3O3/c1-10(19)18-13-9-14(20)12(8-15(13)21)17-7-5-11-4-2-3-6-16-11/h2-4,6,8-9,17H,5,7H2,1H3,(H,18,19). The van der Waals surface area contributed by atoms with E-state index in [9.17, 15) is 14.4 Å². The summed E-state index contributed by atoms with van der Waals surface area (Å²) in [7, 11) is 0. The topological polar surface area (TPSA) is 88.2 Å². The number of amides is 1. The third-order valence-corrected chi connectivity index (χ3v) is 2.82. The predicted molar refractivity (Wildman–Crippen MR) is 75.9 cm³/mol. The fraction of sp³-hybridized carbons (Fsp3) is 0.200. The highest BCUT2D eigenvalue weighted by Gasteiger charge is 2.20. The second-order valence-electron chi connectivity index (χ2n) is 4.52. The second-order valence-corrected chi connectivity index (χ2v) is 4.52. The largest absolute Gasteiger partial charge is 0.381 e. The van der Waals surface area contributed by atoms with Gasteiger partial charge in [-0.15, -0.1) is 0 Å². The van der Waals surface area contributed by atoms with Gasteiger partial charge in [-0.05, 0) is 12.1 Å². The van der Waals surface area contributed by atoms with Crippen molar-refractivity contribution in [2.45, 2.75) is 13.3 Å². The van der Waals surface area contributed by atoms with Crippen LogP contribution in [0.3, 0.4) is 0 Å². The molecule has 2 rings (SSSR count). The molecule has 0 aliphatic heterocycles. The normalized spacial score (nSPS) is 14.3. The lowest BCUT2D eigenvalue weighted by Gasteiger charge is -2.14. The van der Waals surface area contributed by atoms with E-state index in [2.05, 4.69) is 15.6 Å². The summed E-state index contributed by atoms with van der Waals surface area (Å²) in [6, 6.07) is 5.61. The summed E-state index contributed by atoms with van der Waals surface area (Å²) in [6.45, 7) is 1.77. The first-order valence-electron chi connectivity index (χ1n) is 6.49. The maximum Gasteiger partial charge on any atom is 0.221 e. The van der Waals surface area contributed by atoms with Crippen LogP contribution >= 0.6 is 0 Å². The van der Waals surface area contributed by atoms with Gasteiger partial charge in [-0.25, -0.2) is 0 Å². The minimum absolute atomic E-state index is 0.00257. The molecule has 0 bridgehead atoms. The van der Waals surface area contributed by atoms with E-state index < -0.39 is 5.78 Å². The van der Waals surface area contributed by atoms with Crippen LogP contribution < -0.4 is 10.6 Å². The third kappa shape index (κ3) is 4.10. The van der Waals surface area contributed by atoms with E-state index in [0.717, 1.165) is 11.8 Å². The Morgan fingerprint density at radius 1 is 1.14 bits per heavy atom. The second kappa shape index (κ2) is 6.60. The van der Waals surface area contributed by atoms with Crippen LogP contribution in [0.25, 0.3) is 0 Å². The Morgan fingerprint density at radius 3 is 2.52 bits per heavy atom. The summed E-state index contributed by atoms with van der Waals surface area (Å²) in [6.07, 6.45) is 4.67. The van der Waals surface area contributed by atoms with Crippen molar-refractivity contribution in [1.29, 1.82) is 0 Å². The lowest BCUT2D eigenvalue weighted by molar-refractivity contribution is -0.120. The van der Waals surface area contributed by atoms with Gasteiger partial charge in [0.05, 0.1) is 11.4 Å². The van der Waals surface area contributed by atoms with E-state index in [1.165, 1.54) is 13.0 Å². The highest BCUT2D eigenvalue weighted by Crippen LogP contribution is 2.08. The van der Waals surface area contributed by atoms with E-state index in [1.54, 1.807) is 6.20 Å². The predicted octanol–water partition coefficient (Wildman–Crippen LogP) is 0.269. The van der Waals surface area contributed by atoms with Crippen LogP contribution in [0.5, 0.6) is 0 Å². The van der Waals surface area contributed by atoms with Crippen molar-refractivity contribution in [2.75, 3.05) is 6.54 Å². The fourth-order valence-electron chi connectivity index (χ4n) is 1.86. The first kappa shape index (κ1) is 14.6. The molecule has 1 heterocycles. The monoisotopic (exact) mass is 285 g/mol. The van der Waals surface area contributed by atoms with Crippen LogP contribution in [-0.4, -0.2) is 29.0 Å². The molecule has 1 aliphatic rings. The molecule has 0 fully saturated rings. The highest BCUT2D eigenvalue weighted by atomic mass is 16.2. The zero-order valence-electron chi connectivity index (χ0n) is 11.6. The van der Waals surface area contributed by atoms with Gasteiger partial charge in [-0.2, -0.15) is 0 Å². The zero-order chi connectivity index (χ0) is 15.2. The first-order valence-corrected chi connectivity index (χ1v) is 6.49. The number of hydrogen-bond acceptors (Lipinski definition) is 5. The number of aromatic nitrogens is 1.